The fraction of sp³-hybridized carbons (Fsp3) is 0.250. The van der Waals surface area contributed by atoms with Crippen molar-refractivity contribution in [3.63, 3.8) is 0 Å². The van der Waals surface area contributed by atoms with Gasteiger partial charge in [0, 0.05) is 11.9 Å². The first-order chi connectivity index (χ1) is 13.5. The molecule has 3 heterocycles. The van der Waals surface area contributed by atoms with E-state index in [1.165, 1.54) is 5.56 Å². The van der Waals surface area contributed by atoms with Crippen molar-refractivity contribution in [1.29, 1.82) is 0 Å². The third-order valence-corrected chi connectivity index (χ3v) is 4.80. The summed E-state index contributed by atoms with van der Waals surface area (Å²) in [7, 11) is 0. The lowest BCUT2D eigenvalue weighted by Gasteiger charge is -2.28. The van der Waals surface area contributed by atoms with Crippen LogP contribution in [0.15, 0.2) is 60.1 Å². The van der Waals surface area contributed by atoms with E-state index in [1.807, 2.05) is 19.1 Å². The first-order valence-corrected chi connectivity index (χ1v) is 9.11. The fourth-order valence-electron chi connectivity index (χ4n) is 3.31. The SMILES string of the molecule is CC1=C(C(=O)Nc2cccnc2)C(c2ccc(C(C)C)cc2)n2nnnc2N1. The first-order valence-electron chi connectivity index (χ1n) is 9.11. The van der Waals surface area contributed by atoms with E-state index in [0.29, 0.717) is 28.8 Å². The molecule has 4 rings (SSSR count). The van der Waals surface area contributed by atoms with E-state index in [2.05, 4.69) is 57.1 Å². The van der Waals surface area contributed by atoms with E-state index in [9.17, 15) is 4.79 Å². The Morgan fingerprint density at radius 3 is 2.68 bits per heavy atom. The molecule has 2 N–H and O–H groups in total. The average Bonchev–Trinajstić information content (AvgIpc) is 3.15. The number of rotatable bonds is 4. The summed E-state index contributed by atoms with van der Waals surface area (Å²) in [4.78, 5) is 17.2. The summed E-state index contributed by atoms with van der Waals surface area (Å²) < 4.78 is 1.63. The molecule has 8 heteroatoms. The summed E-state index contributed by atoms with van der Waals surface area (Å²) >= 11 is 0. The van der Waals surface area contributed by atoms with Crippen molar-refractivity contribution in [2.45, 2.75) is 32.7 Å². The topological polar surface area (TPSA) is 97.6 Å². The number of nitrogens with one attached hydrogen (secondary N) is 2. The highest BCUT2D eigenvalue weighted by molar-refractivity contribution is 6.05. The number of benzene rings is 1. The zero-order valence-corrected chi connectivity index (χ0v) is 15.9. The Balaban J connectivity index is 1.75. The molecule has 1 aliphatic heterocycles. The standard InChI is InChI=1S/C20H21N7O/c1-12(2)14-6-8-15(9-7-14)18-17(13(3)22-20-24-25-26-27(18)20)19(28)23-16-5-4-10-21-11-16/h4-12,18H,1-3H3,(H,23,28)(H,22,24,26). The van der Waals surface area contributed by atoms with Crippen molar-refractivity contribution in [3.05, 3.63) is 71.2 Å². The number of tetrazole rings is 1. The number of anilines is 2. The Hall–Kier alpha value is -3.55. The van der Waals surface area contributed by atoms with Gasteiger partial charge in [-0.1, -0.05) is 43.2 Å². The zero-order chi connectivity index (χ0) is 19.7. The summed E-state index contributed by atoms with van der Waals surface area (Å²) in [6.45, 7) is 6.15. The molecule has 1 amide bonds. The van der Waals surface area contributed by atoms with E-state index < -0.39 is 6.04 Å². The van der Waals surface area contributed by atoms with Crippen molar-refractivity contribution >= 4 is 17.5 Å². The largest absolute Gasteiger partial charge is 0.326 e. The summed E-state index contributed by atoms with van der Waals surface area (Å²) in [6, 6.07) is 11.4. The van der Waals surface area contributed by atoms with Crippen LogP contribution in [0.2, 0.25) is 0 Å². The van der Waals surface area contributed by atoms with Crippen LogP contribution in [-0.4, -0.2) is 31.1 Å². The summed E-state index contributed by atoms with van der Waals surface area (Å²) in [6.07, 6.45) is 3.27. The highest BCUT2D eigenvalue weighted by Gasteiger charge is 2.34. The minimum atomic E-state index is -0.427. The first kappa shape index (κ1) is 17.8. The molecule has 1 unspecified atom stereocenters. The van der Waals surface area contributed by atoms with Crippen LogP contribution in [0.5, 0.6) is 0 Å². The van der Waals surface area contributed by atoms with Gasteiger partial charge in [-0.25, -0.2) is 0 Å². The summed E-state index contributed by atoms with van der Waals surface area (Å²) in [5, 5.41) is 17.9. The minimum absolute atomic E-state index is 0.225. The van der Waals surface area contributed by atoms with Gasteiger partial charge in [0.2, 0.25) is 5.95 Å². The molecule has 0 radical (unpaired) electrons. The maximum absolute atomic E-state index is 13.1. The van der Waals surface area contributed by atoms with Gasteiger partial charge in [-0.05, 0) is 46.5 Å². The van der Waals surface area contributed by atoms with E-state index >= 15 is 0 Å². The molecule has 0 bridgehead atoms. The number of allylic oxidation sites excluding steroid dienone is 1. The lowest BCUT2D eigenvalue weighted by Crippen LogP contribution is -2.31. The van der Waals surface area contributed by atoms with Gasteiger partial charge in [0.05, 0.1) is 17.5 Å². The van der Waals surface area contributed by atoms with Gasteiger partial charge >= 0.3 is 0 Å². The van der Waals surface area contributed by atoms with Crippen LogP contribution >= 0.6 is 0 Å². The van der Waals surface area contributed by atoms with Crippen LogP contribution in [0.1, 0.15) is 43.9 Å². The Morgan fingerprint density at radius 1 is 1.21 bits per heavy atom. The van der Waals surface area contributed by atoms with Crippen molar-refractivity contribution in [2.24, 2.45) is 0 Å². The van der Waals surface area contributed by atoms with Gasteiger partial charge in [-0.15, -0.1) is 0 Å². The Bertz CT molecular complexity index is 1020. The van der Waals surface area contributed by atoms with Crippen LogP contribution in [0.4, 0.5) is 11.6 Å². The zero-order valence-electron chi connectivity index (χ0n) is 15.9. The summed E-state index contributed by atoms with van der Waals surface area (Å²) in [5.41, 5.74) is 4.07. The number of aromatic nitrogens is 5. The molecular formula is C20H21N7O. The van der Waals surface area contributed by atoms with Gasteiger partial charge in [-0.2, -0.15) is 4.68 Å². The van der Waals surface area contributed by atoms with Crippen LogP contribution in [0.3, 0.4) is 0 Å². The highest BCUT2D eigenvalue weighted by Crippen LogP contribution is 2.35. The average molecular weight is 375 g/mol. The number of carbonyl (C=O) groups is 1. The molecule has 3 aromatic rings. The smallest absolute Gasteiger partial charge is 0.255 e. The van der Waals surface area contributed by atoms with Gasteiger partial charge in [0.25, 0.3) is 5.91 Å². The molecule has 2 aromatic heterocycles. The third-order valence-electron chi connectivity index (χ3n) is 4.80. The van der Waals surface area contributed by atoms with E-state index in [1.54, 1.807) is 29.2 Å². The van der Waals surface area contributed by atoms with E-state index in [-0.39, 0.29) is 5.91 Å². The molecule has 0 spiro atoms. The highest BCUT2D eigenvalue weighted by atomic mass is 16.1. The molecule has 8 nitrogen and oxygen atoms in total. The van der Waals surface area contributed by atoms with Crippen molar-refractivity contribution < 1.29 is 4.79 Å². The second-order valence-electron chi connectivity index (χ2n) is 7.03. The maximum atomic E-state index is 13.1. The summed E-state index contributed by atoms with van der Waals surface area (Å²) in [5.74, 6) is 0.710. The number of hydrogen-bond acceptors (Lipinski definition) is 6. The lowest BCUT2D eigenvalue weighted by molar-refractivity contribution is -0.113. The van der Waals surface area contributed by atoms with Crippen molar-refractivity contribution in [3.8, 4) is 0 Å². The number of carbonyl (C=O) groups excluding carboxylic acids is 1. The molecule has 0 saturated carbocycles. The Labute approximate surface area is 162 Å². The minimum Gasteiger partial charge on any atom is -0.326 e. The van der Waals surface area contributed by atoms with Crippen molar-refractivity contribution in [2.75, 3.05) is 10.6 Å². The van der Waals surface area contributed by atoms with E-state index in [4.69, 9.17) is 0 Å². The molecule has 1 aliphatic rings. The number of nitrogens with zero attached hydrogens (tertiary/aromatic N) is 5. The molecule has 142 valence electrons. The third kappa shape index (κ3) is 3.24. The van der Waals surface area contributed by atoms with Crippen LogP contribution in [0.25, 0.3) is 0 Å². The monoisotopic (exact) mass is 375 g/mol. The number of pyridine rings is 1. The molecular weight excluding hydrogens is 354 g/mol. The van der Waals surface area contributed by atoms with Crippen LogP contribution < -0.4 is 10.6 Å². The van der Waals surface area contributed by atoms with Gasteiger partial charge in [0.15, 0.2) is 0 Å². The second-order valence-corrected chi connectivity index (χ2v) is 7.03. The van der Waals surface area contributed by atoms with Gasteiger partial charge in [-0.3, -0.25) is 9.78 Å². The van der Waals surface area contributed by atoms with Gasteiger partial charge < -0.3 is 10.6 Å². The predicted octanol–water partition coefficient (Wildman–Crippen LogP) is 3.12. The number of fused-ring (bicyclic) bond motifs is 1. The van der Waals surface area contributed by atoms with E-state index in [0.717, 1.165) is 5.56 Å². The number of hydrogen-bond donors (Lipinski definition) is 2. The van der Waals surface area contributed by atoms with Crippen LogP contribution in [0, 0.1) is 0 Å². The molecule has 28 heavy (non-hydrogen) atoms. The quantitative estimate of drug-likeness (QED) is 0.727. The molecule has 0 fully saturated rings. The Kier molecular flexibility index (Phi) is 4.60. The molecule has 1 atom stereocenters. The predicted molar refractivity (Wildman–Crippen MR) is 106 cm³/mol. The fourth-order valence-corrected chi connectivity index (χ4v) is 3.31. The molecule has 0 saturated heterocycles. The van der Waals surface area contributed by atoms with Crippen molar-refractivity contribution in [1.82, 2.24) is 25.2 Å². The maximum Gasteiger partial charge on any atom is 0.255 e. The molecule has 1 aromatic carbocycles. The molecule has 0 aliphatic carbocycles. The normalized spacial score (nSPS) is 15.9. The lowest BCUT2D eigenvalue weighted by atomic mass is 9.93. The van der Waals surface area contributed by atoms with Gasteiger partial charge in [0.1, 0.15) is 6.04 Å². The second kappa shape index (κ2) is 7.22. The van der Waals surface area contributed by atoms with Crippen LogP contribution in [-0.2, 0) is 4.79 Å². The Morgan fingerprint density at radius 2 is 2.00 bits per heavy atom. The number of amides is 1.